The van der Waals surface area contributed by atoms with Gasteiger partial charge in [-0.05, 0) is 29.8 Å². The summed E-state index contributed by atoms with van der Waals surface area (Å²) in [6.07, 6.45) is 3.45. The maximum atomic E-state index is 12.5. The molecular weight excluding hydrogens is 312 g/mol. The van der Waals surface area contributed by atoms with Crippen molar-refractivity contribution in [1.29, 1.82) is 0 Å². The Kier molecular flexibility index (Phi) is 4.39. The van der Waals surface area contributed by atoms with E-state index in [1.165, 1.54) is 0 Å². The first-order valence-corrected chi connectivity index (χ1v) is 7.47. The van der Waals surface area contributed by atoms with Gasteiger partial charge in [0.25, 0.3) is 5.91 Å². The molecule has 1 amide bonds. The van der Waals surface area contributed by atoms with Crippen LogP contribution in [0.2, 0.25) is 5.02 Å². The van der Waals surface area contributed by atoms with E-state index in [0.29, 0.717) is 23.0 Å². The summed E-state index contributed by atoms with van der Waals surface area (Å²) in [5.74, 6) is -0.124. The highest BCUT2D eigenvalue weighted by Crippen LogP contribution is 2.20. The van der Waals surface area contributed by atoms with E-state index >= 15 is 0 Å². The predicted molar refractivity (Wildman–Crippen MR) is 89.1 cm³/mol. The molecule has 5 nitrogen and oxygen atoms in total. The van der Waals surface area contributed by atoms with E-state index in [1.807, 2.05) is 24.3 Å². The zero-order valence-electron chi connectivity index (χ0n) is 12.5. The highest BCUT2D eigenvalue weighted by molar-refractivity contribution is 6.30. The zero-order valence-corrected chi connectivity index (χ0v) is 13.3. The molecule has 0 aliphatic heterocycles. The molecule has 0 saturated heterocycles. The quantitative estimate of drug-likeness (QED) is 0.799. The van der Waals surface area contributed by atoms with E-state index in [2.05, 4.69) is 15.2 Å². The van der Waals surface area contributed by atoms with Gasteiger partial charge in [0.2, 0.25) is 0 Å². The number of hydrogen-bond donors (Lipinski definition) is 1. The Balaban J connectivity index is 1.74. The van der Waals surface area contributed by atoms with Crippen LogP contribution >= 0.6 is 11.6 Å². The maximum absolute atomic E-state index is 12.5. The fourth-order valence-corrected chi connectivity index (χ4v) is 2.37. The smallest absolute Gasteiger partial charge is 0.271 e. The van der Waals surface area contributed by atoms with Crippen LogP contribution in [0.3, 0.4) is 0 Å². The average molecular weight is 327 g/mol. The number of rotatable bonds is 4. The number of hydrogen-bond acceptors (Lipinski definition) is 3. The van der Waals surface area contributed by atoms with Crippen molar-refractivity contribution in [3.05, 3.63) is 71.1 Å². The monoisotopic (exact) mass is 326 g/mol. The summed E-state index contributed by atoms with van der Waals surface area (Å²) in [4.78, 5) is 18.1. The van der Waals surface area contributed by atoms with E-state index in [4.69, 9.17) is 11.6 Å². The van der Waals surface area contributed by atoms with Gasteiger partial charge in [0.15, 0.2) is 0 Å². The van der Waals surface area contributed by atoms with Gasteiger partial charge in [-0.1, -0.05) is 29.8 Å². The van der Waals surface area contributed by atoms with Crippen LogP contribution in [0.4, 0.5) is 0 Å². The number of nitrogens with one attached hydrogen (secondary N) is 1. The Labute approximate surface area is 138 Å². The first-order chi connectivity index (χ1) is 11.1. The molecular formula is C17H15ClN4O. The average Bonchev–Trinajstić information content (AvgIpc) is 3.05. The molecule has 0 fully saturated rings. The first kappa shape index (κ1) is 15.2. The number of H-pyrrole nitrogens is 1. The molecule has 23 heavy (non-hydrogen) atoms. The van der Waals surface area contributed by atoms with Crippen LogP contribution < -0.4 is 0 Å². The molecule has 0 bridgehead atoms. The van der Waals surface area contributed by atoms with E-state index in [1.54, 1.807) is 42.5 Å². The normalized spacial score (nSPS) is 10.5. The van der Waals surface area contributed by atoms with Crippen molar-refractivity contribution < 1.29 is 4.79 Å². The van der Waals surface area contributed by atoms with Crippen LogP contribution in [0.15, 0.2) is 54.9 Å². The molecule has 1 N–H and O–H groups in total. The van der Waals surface area contributed by atoms with Crippen LogP contribution in [-0.4, -0.2) is 33.0 Å². The Bertz CT molecular complexity index is 799. The van der Waals surface area contributed by atoms with Gasteiger partial charge in [-0.2, -0.15) is 5.10 Å². The minimum Gasteiger partial charge on any atom is -0.336 e. The molecule has 116 valence electrons. The van der Waals surface area contributed by atoms with Gasteiger partial charge >= 0.3 is 0 Å². The van der Waals surface area contributed by atoms with Gasteiger partial charge in [-0.3, -0.25) is 14.9 Å². The third kappa shape index (κ3) is 3.57. The Morgan fingerprint density at radius 1 is 1.26 bits per heavy atom. The van der Waals surface area contributed by atoms with Crippen LogP contribution in [-0.2, 0) is 6.54 Å². The van der Waals surface area contributed by atoms with Crippen LogP contribution in [0, 0.1) is 0 Å². The molecule has 3 rings (SSSR count). The summed E-state index contributed by atoms with van der Waals surface area (Å²) >= 11 is 5.88. The number of carbonyl (C=O) groups is 1. The van der Waals surface area contributed by atoms with Gasteiger partial charge in [0.05, 0.1) is 5.69 Å². The highest BCUT2D eigenvalue weighted by atomic mass is 35.5. The van der Waals surface area contributed by atoms with E-state index in [9.17, 15) is 4.79 Å². The van der Waals surface area contributed by atoms with Gasteiger partial charge in [0.1, 0.15) is 5.69 Å². The molecule has 0 spiro atoms. The highest BCUT2D eigenvalue weighted by Gasteiger charge is 2.15. The summed E-state index contributed by atoms with van der Waals surface area (Å²) in [6, 6.07) is 12.8. The third-order valence-corrected chi connectivity index (χ3v) is 3.69. The summed E-state index contributed by atoms with van der Waals surface area (Å²) < 4.78 is 0. The topological polar surface area (TPSA) is 61.9 Å². The number of benzene rings is 1. The lowest BCUT2D eigenvalue weighted by molar-refractivity contribution is 0.0779. The molecule has 2 aromatic heterocycles. The van der Waals surface area contributed by atoms with Crippen molar-refractivity contribution in [1.82, 2.24) is 20.1 Å². The summed E-state index contributed by atoms with van der Waals surface area (Å²) in [6.45, 7) is 0.488. The number of aromatic nitrogens is 3. The second-order valence-corrected chi connectivity index (χ2v) is 5.63. The molecule has 0 atom stereocenters. The number of halogens is 1. The van der Waals surface area contributed by atoms with Crippen LogP contribution in [0.1, 0.15) is 16.1 Å². The van der Waals surface area contributed by atoms with Crippen molar-refractivity contribution in [3.8, 4) is 11.3 Å². The Morgan fingerprint density at radius 3 is 2.74 bits per heavy atom. The van der Waals surface area contributed by atoms with Crippen molar-refractivity contribution in [3.63, 3.8) is 0 Å². The largest absolute Gasteiger partial charge is 0.336 e. The zero-order chi connectivity index (χ0) is 16.2. The molecule has 3 aromatic rings. The lowest BCUT2D eigenvalue weighted by Crippen LogP contribution is -2.26. The summed E-state index contributed by atoms with van der Waals surface area (Å²) in [5.41, 5.74) is 3.03. The molecule has 2 heterocycles. The van der Waals surface area contributed by atoms with Crippen molar-refractivity contribution >= 4 is 17.5 Å². The van der Waals surface area contributed by atoms with Gasteiger partial charge in [0, 0.05) is 36.6 Å². The standard InChI is InChI=1S/C17H15ClN4O/c1-22(11-12-3-2-8-19-10-12)17(23)16-9-15(20-21-16)13-4-6-14(18)7-5-13/h2-10H,11H2,1H3,(H,20,21). The van der Waals surface area contributed by atoms with Gasteiger partial charge in [-0.25, -0.2) is 0 Å². The lowest BCUT2D eigenvalue weighted by atomic mass is 10.1. The first-order valence-electron chi connectivity index (χ1n) is 7.09. The van der Waals surface area contributed by atoms with E-state index in [-0.39, 0.29) is 5.91 Å². The minimum atomic E-state index is -0.124. The summed E-state index contributed by atoms with van der Waals surface area (Å²) in [5, 5.41) is 7.66. The molecule has 0 saturated carbocycles. The molecule has 0 unspecified atom stereocenters. The number of nitrogens with zero attached hydrogens (tertiary/aromatic N) is 3. The fourth-order valence-electron chi connectivity index (χ4n) is 2.24. The van der Waals surface area contributed by atoms with Gasteiger partial charge < -0.3 is 4.90 Å². The SMILES string of the molecule is CN(Cc1cccnc1)C(=O)c1cc(-c2ccc(Cl)cc2)n[nH]1. The minimum absolute atomic E-state index is 0.124. The molecule has 0 aliphatic carbocycles. The molecule has 6 heteroatoms. The van der Waals surface area contributed by atoms with Crippen molar-refractivity contribution in [2.45, 2.75) is 6.54 Å². The summed E-state index contributed by atoms with van der Waals surface area (Å²) in [7, 11) is 1.75. The predicted octanol–water partition coefficient (Wildman–Crippen LogP) is 3.40. The molecule has 0 aliphatic rings. The Hall–Kier alpha value is -2.66. The lowest BCUT2D eigenvalue weighted by Gasteiger charge is -2.15. The molecule has 1 aromatic carbocycles. The molecule has 0 radical (unpaired) electrons. The number of amides is 1. The van der Waals surface area contributed by atoms with Crippen LogP contribution in [0.25, 0.3) is 11.3 Å². The van der Waals surface area contributed by atoms with E-state index in [0.717, 1.165) is 11.1 Å². The van der Waals surface area contributed by atoms with Crippen molar-refractivity contribution in [2.75, 3.05) is 7.05 Å². The Morgan fingerprint density at radius 2 is 2.04 bits per heavy atom. The second-order valence-electron chi connectivity index (χ2n) is 5.20. The maximum Gasteiger partial charge on any atom is 0.271 e. The third-order valence-electron chi connectivity index (χ3n) is 3.44. The van der Waals surface area contributed by atoms with E-state index < -0.39 is 0 Å². The number of carbonyl (C=O) groups excluding carboxylic acids is 1. The van der Waals surface area contributed by atoms with Gasteiger partial charge in [-0.15, -0.1) is 0 Å². The fraction of sp³-hybridized carbons (Fsp3) is 0.118. The number of pyridine rings is 1. The second kappa shape index (κ2) is 6.62. The van der Waals surface area contributed by atoms with Crippen molar-refractivity contribution in [2.24, 2.45) is 0 Å². The van der Waals surface area contributed by atoms with Crippen LogP contribution in [0.5, 0.6) is 0 Å². The number of aromatic amines is 1.